The Balaban J connectivity index is 1.95. The molecule has 0 bridgehead atoms. The number of nitrogens with two attached hydrogens (primary N) is 1. The third kappa shape index (κ3) is 3.13. The van der Waals surface area contributed by atoms with E-state index in [1.165, 1.54) is 0 Å². The molecule has 2 aromatic heterocycles. The van der Waals surface area contributed by atoms with Gasteiger partial charge >= 0.3 is 0 Å². The van der Waals surface area contributed by atoms with Crippen LogP contribution in [0, 0.1) is 6.92 Å². The average Bonchev–Trinajstić information content (AvgIpc) is 3.05. The highest BCUT2D eigenvalue weighted by molar-refractivity contribution is 7.99. The lowest BCUT2D eigenvalue weighted by Crippen LogP contribution is -2.33. The predicted octanol–water partition coefficient (Wildman–Crippen LogP) is 3.42. The molecule has 1 saturated heterocycles. The van der Waals surface area contributed by atoms with E-state index in [1.807, 2.05) is 30.8 Å². The number of hydrogen-bond acceptors (Lipinski definition) is 6. The molecule has 1 fully saturated rings. The number of nitrogens with zero attached hydrogens (tertiary/aromatic N) is 5. The first-order valence-corrected chi connectivity index (χ1v) is 10.2. The van der Waals surface area contributed by atoms with Crippen LogP contribution in [0.4, 0.5) is 5.95 Å². The number of hydrogen-bond donors (Lipinski definition) is 1. The summed E-state index contributed by atoms with van der Waals surface area (Å²) in [4.78, 5) is 11.4. The molecule has 9 heteroatoms. The first-order valence-electron chi connectivity index (χ1n) is 8.33. The van der Waals surface area contributed by atoms with Crippen LogP contribution >= 0.6 is 35.0 Å². The summed E-state index contributed by atoms with van der Waals surface area (Å²) in [5.41, 5.74) is 9.39. The van der Waals surface area contributed by atoms with Gasteiger partial charge in [0.15, 0.2) is 0 Å². The minimum Gasteiger partial charge on any atom is -0.338 e. The zero-order valence-corrected chi connectivity index (χ0v) is 16.6. The van der Waals surface area contributed by atoms with Crippen molar-refractivity contribution < 1.29 is 0 Å². The summed E-state index contributed by atoms with van der Waals surface area (Å²) in [5, 5.41) is 5.87. The average molecular weight is 409 g/mol. The molecule has 0 atom stereocenters. The molecule has 1 aliphatic heterocycles. The first-order chi connectivity index (χ1) is 12.6. The van der Waals surface area contributed by atoms with Crippen molar-refractivity contribution in [2.24, 2.45) is 5.73 Å². The van der Waals surface area contributed by atoms with Crippen molar-refractivity contribution in [3.8, 4) is 11.3 Å². The fraction of sp³-hybridized carbons (Fsp3) is 0.353. The van der Waals surface area contributed by atoms with Crippen molar-refractivity contribution in [2.75, 3.05) is 29.5 Å². The molecular formula is C17H18Cl2N6S. The lowest BCUT2D eigenvalue weighted by molar-refractivity contribution is 0.806. The van der Waals surface area contributed by atoms with Crippen molar-refractivity contribution in [3.63, 3.8) is 0 Å². The van der Waals surface area contributed by atoms with Gasteiger partial charge in [0.05, 0.1) is 10.7 Å². The van der Waals surface area contributed by atoms with Crippen molar-refractivity contribution in [2.45, 2.75) is 13.5 Å². The van der Waals surface area contributed by atoms with E-state index in [-0.39, 0.29) is 0 Å². The van der Waals surface area contributed by atoms with Gasteiger partial charge in [-0.2, -0.15) is 21.3 Å². The summed E-state index contributed by atoms with van der Waals surface area (Å²) in [7, 11) is 0. The monoisotopic (exact) mass is 408 g/mol. The lowest BCUT2D eigenvalue weighted by atomic mass is 10.0. The quantitative estimate of drug-likeness (QED) is 0.715. The van der Waals surface area contributed by atoms with E-state index < -0.39 is 0 Å². The molecule has 0 spiro atoms. The van der Waals surface area contributed by atoms with E-state index in [1.54, 1.807) is 10.6 Å². The smallest absolute Gasteiger partial charge is 0.254 e. The molecule has 3 heterocycles. The van der Waals surface area contributed by atoms with Crippen LogP contribution in [0.2, 0.25) is 10.0 Å². The van der Waals surface area contributed by atoms with Gasteiger partial charge in [-0.3, -0.25) is 0 Å². The molecule has 0 radical (unpaired) electrons. The maximum Gasteiger partial charge on any atom is 0.254 e. The second kappa shape index (κ2) is 7.23. The largest absolute Gasteiger partial charge is 0.338 e. The number of halogens is 2. The van der Waals surface area contributed by atoms with E-state index in [9.17, 15) is 0 Å². The number of thioether (sulfide) groups is 1. The normalized spacial score (nSPS) is 15.0. The number of aryl methyl sites for hydroxylation is 1. The van der Waals surface area contributed by atoms with E-state index in [0.717, 1.165) is 47.1 Å². The maximum absolute atomic E-state index is 6.48. The molecule has 0 saturated carbocycles. The summed E-state index contributed by atoms with van der Waals surface area (Å²) in [6.07, 6.45) is 0. The van der Waals surface area contributed by atoms with Crippen LogP contribution in [0.5, 0.6) is 0 Å². The molecule has 1 aliphatic rings. The number of benzene rings is 1. The highest BCUT2D eigenvalue weighted by atomic mass is 35.5. The minimum atomic E-state index is 0.332. The van der Waals surface area contributed by atoms with E-state index >= 15 is 0 Å². The Labute approximate surface area is 165 Å². The highest BCUT2D eigenvalue weighted by Gasteiger charge is 2.22. The van der Waals surface area contributed by atoms with Crippen molar-refractivity contribution >= 4 is 46.7 Å². The van der Waals surface area contributed by atoms with Crippen molar-refractivity contribution in [1.82, 2.24) is 19.6 Å². The third-order valence-electron chi connectivity index (χ3n) is 4.47. The van der Waals surface area contributed by atoms with Crippen molar-refractivity contribution in [3.05, 3.63) is 39.5 Å². The van der Waals surface area contributed by atoms with E-state index in [0.29, 0.717) is 28.3 Å². The minimum absolute atomic E-state index is 0.332. The topological polar surface area (TPSA) is 72.3 Å². The summed E-state index contributed by atoms with van der Waals surface area (Å²) in [6, 6.07) is 5.42. The molecule has 4 rings (SSSR count). The predicted molar refractivity (Wildman–Crippen MR) is 108 cm³/mol. The number of anilines is 1. The molecule has 3 aromatic rings. The van der Waals surface area contributed by atoms with Crippen LogP contribution in [0.1, 0.15) is 11.3 Å². The van der Waals surface area contributed by atoms with Gasteiger partial charge in [0.2, 0.25) is 5.95 Å². The van der Waals surface area contributed by atoms with Gasteiger partial charge in [0.1, 0.15) is 0 Å². The highest BCUT2D eigenvalue weighted by Crippen LogP contribution is 2.34. The second-order valence-corrected chi connectivity index (χ2v) is 8.14. The molecule has 26 heavy (non-hydrogen) atoms. The van der Waals surface area contributed by atoms with Crippen molar-refractivity contribution in [1.29, 1.82) is 0 Å². The molecule has 1 aromatic carbocycles. The van der Waals surface area contributed by atoms with Crippen LogP contribution in [-0.4, -0.2) is 44.2 Å². The van der Waals surface area contributed by atoms with Gasteiger partial charge < -0.3 is 10.6 Å². The summed E-state index contributed by atoms with van der Waals surface area (Å²) in [5.74, 6) is 3.39. The van der Waals surface area contributed by atoms with Crippen LogP contribution in [-0.2, 0) is 6.54 Å². The Morgan fingerprint density at radius 3 is 2.65 bits per heavy atom. The van der Waals surface area contributed by atoms with Crippen LogP contribution in [0.25, 0.3) is 17.0 Å². The van der Waals surface area contributed by atoms with Gasteiger partial charge in [0.25, 0.3) is 5.78 Å². The Morgan fingerprint density at radius 1 is 1.19 bits per heavy atom. The van der Waals surface area contributed by atoms with E-state index in [4.69, 9.17) is 34.0 Å². The fourth-order valence-electron chi connectivity index (χ4n) is 3.13. The lowest BCUT2D eigenvalue weighted by Gasteiger charge is -2.24. The summed E-state index contributed by atoms with van der Waals surface area (Å²) < 4.78 is 1.75. The Hall–Kier alpha value is -1.54. The molecule has 0 unspecified atom stereocenters. The maximum atomic E-state index is 6.48. The van der Waals surface area contributed by atoms with E-state index in [2.05, 4.69) is 14.9 Å². The first kappa shape index (κ1) is 17.9. The summed E-state index contributed by atoms with van der Waals surface area (Å²) >= 11 is 14.5. The molecule has 0 aliphatic carbocycles. The Kier molecular flexibility index (Phi) is 4.96. The zero-order valence-electron chi connectivity index (χ0n) is 14.2. The molecular weight excluding hydrogens is 391 g/mol. The number of fused-ring (bicyclic) bond motifs is 1. The number of aromatic nitrogens is 4. The third-order valence-corrected chi connectivity index (χ3v) is 5.96. The summed E-state index contributed by atoms with van der Waals surface area (Å²) in [6.45, 7) is 4.13. The van der Waals surface area contributed by atoms with Gasteiger partial charge in [-0.25, -0.2) is 4.98 Å². The standard InChI is InChI=1S/C17H18Cl2N6S/c1-10-13(9-20)15(12-3-2-11(18)8-14(12)19)25-16(21-10)22-17(23-25)24-4-6-26-7-5-24/h2-3,8H,4-7,9,20H2,1H3. The van der Waals surface area contributed by atoms with Crippen LogP contribution < -0.4 is 10.6 Å². The second-order valence-electron chi connectivity index (χ2n) is 6.08. The van der Waals surface area contributed by atoms with Gasteiger partial charge in [0, 0.05) is 53.0 Å². The molecule has 2 N–H and O–H groups in total. The molecule has 136 valence electrons. The van der Waals surface area contributed by atoms with Gasteiger partial charge in [-0.15, -0.1) is 5.10 Å². The zero-order chi connectivity index (χ0) is 18.3. The SMILES string of the molecule is Cc1nc2nc(N3CCSCC3)nn2c(-c2ccc(Cl)cc2Cl)c1CN. The van der Waals surface area contributed by atoms with Gasteiger partial charge in [-0.1, -0.05) is 23.2 Å². The fourth-order valence-corrected chi connectivity index (χ4v) is 4.53. The van der Waals surface area contributed by atoms with Crippen LogP contribution in [0.15, 0.2) is 18.2 Å². The number of rotatable bonds is 3. The van der Waals surface area contributed by atoms with Gasteiger partial charge in [-0.05, 0) is 25.1 Å². The molecule has 0 amide bonds. The Bertz CT molecular complexity index is 968. The van der Waals surface area contributed by atoms with Crippen LogP contribution in [0.3, 0.4) is 0 Å². The Morgan fingerprint density at radius 2 is 1.96 bits per heavy atom. The molecule has 6 nitrogen and oxygen atoms in total.